The molecule has 1 saturated heterocycles. The second kappa shape index (κ2) is 6.46. The van der Waals surface area contributed by atoms with Crippen LogP contribution in [0.5, 0.6) is 0 Å². The minimum atomic E-state index is -0.872. The lowest BCUT2D eigenvalue weighted by Gasteiger charge is -2.41. The van der Waals surface area contributed by atoms with Crippen LogP contribution in [0.25, 0.3) is 0 Å². The molecular weight excluding hydrogens is 306 g/mol. The van der Waals surface area contributed by atoms with Crippen LogP contribution in [-0.2, 0) is 16.6 Å². The summed E-state index contributed by atoms with van der Waals surface area (Å²) in [5, 5.41) is 15.5. The highest BCUT2D eigenvalue weighted by molar-refractivity contribution is 7.10. The maximum atomic E-state index is 12.4. The Bertz CT molecular complexity index is 709. The van der Waals surface area contributed by atoms with Gasteiger partial charge < -0.3 is 10.4 Å². The zero-order valence-electron chi connectivity index (χ0n) is 13.6. The number of aryl methyl sites for hydroxylation is 2. The molecule has 23 heavy (non-hydrogen) atoms. The molecular formula is C19H23NO2S. The number of benzene rings is 1. The van der Waals surface area contributed by atoms with E-state index in [0.29, 0.717) is 6.54 Å². The molecule has 2 atom stereocenters. The van der Waals surface area contributed by atoms with Crippen LogP contribution < -0.4 is 5.32 Å². The molecule has 1 aliphatic heterocycles. The number of rotatable bonds is 4. The second-order valence-corrected chi connectivity index (χ2v) is 7.24. The quantitative estimate of drug-likeness (QED) is 0.899. The van der Waals surface area contributed by atoms with Crippen LogP contribution in [0.15, 0.2) is 35.7 Å². The van der Waals surface area contributed by atoms with Crippen molar-refractivity contribution in [1.82, 2.24) is 5.32 Å². The van der Waals surface area contributed by atoms with Gasteiger partial charge in [0.15, 0.2) is 0 Å². The highest BCUT2D eigenvalue weighted by Gasteiger charge is 2.51. The molecule has 3 rings (SSSR count). The largest absolute Gasteiger partial charge is 0.481 e. The van der Waals surface area contributed by atoms with Crippen molar-refractivity contribution < 1.29 is 9.90 Å². The summed E-state index contributed by atoms with van der Waals surface area (Å²) in [7, 11) is 0. The monoisotopic (exact) mass is 329 g/mol. The first kappa shape index (κ1) is 16.2. The molecule has 1 aromatic carbocycles. The van der Waals surface area contributed by atoms with Gasteiger partial charge in [0.25, 0.3) is 0 Å². The van der Waals surface area contributed by atoms with Gasteiger partial charge in [-0.1, -0.05) is 31.2 Å². The fourth-order valence-electron chi connectivity index (χ4n) is 3.77. The van der Waals surface area contributed by atoms with Crippen LogP contribution in [-0.4, -0.2) is 24.2 Å². The summed E-state index contributed by atoms with van der Waals surface area (Å²) in [5.41, 5.74) is 2.63. The van der Waals surface area contributed by atoms with E-state index in [9.17, 15) is 9.90 Å². The molecule has 1 aliphatic rings. The molecule has 0 aliphatic carbocycles. The van der Waals surface area contributed by atoms with Crippen molar-refractivity contribution in [1.29, 1.82) is 0 Å². The Kier molecular flexibility index (Phi) is 4.55. The Morgan fingerprint density at radius 3 is 2.91 bits per heavy atom. The fraction of sp³-hybridized carbons (Fsp3) is 0.421. The number of carboxylic acid groups (broad SMARTS) is 1. The number of hydrogen-bond acceptors (Lipinski definition) is 3. The van der Waals surface area contributed by atoms with E-state index in [-0.39, 0.29) is 5.92 Å². The lowest BCUT2D eigenvalue weighted by Crippen LogP contribution is -2.53. The molecule has 1 unspecified atom stereocenters. The van der Waals surface area contributed by atoms with Gasteiger partial charge in [0.05, 0.1) is 0 Å². The summed E-state index contributed by atoms with van der Waals surface area (Å²) in [6.45, 7) is 5.51. The van der Waals surface area contributed by atoms with Crippen LogP contribution in [0, 0.1) is 6.92 Å². The first-order valence-corrected chi connectivity index (χ1v) is 9.05. The first-order chi connectivity index (χ1) is 11.1. The second-order valence-electron chi connectivity index (χ2n) is 6.33. The molecule has 0 saturated carbocycles. The van der Waals surface area contributed by atoms with Gasteiger partial charge in [0.2, 0.25) is 0 Å². The summed E-state index contributed by atoms with van der Waals surface area (Å²) >= 11 is 1.57. The highest BCUT2D eigenvalue weighted by Crippen LogP contribution is 2.46. The summed E-state index contributed by atoms with van der Waals surface area (Å²) < 4.78 is 0. The van der Waals surface area contributed by atoms with Crippen molar-refractivity contribution in [3.8, 4) is 0 Å². The smallest absolute Gasteiger partial charge is 0.316 e. The van der Waals surface area contributed by atoms with Gasteiger partial charge in [-0.05, 0) is 54.4 Å². The van der Waals surface area contributed by atoms with Gasteiger partial charge in [-0.2, -0.15) is 0 Å². The average molecular weight is 329 g/mol. The van der Waals surface area contributed by atoms with E-state index in [2.05, 4.69) is 36.5 Å². The lowest BCUT2D eigenvalue weighted by molar-refractivity contribution is -0.145. The SMILES string of the molecule is CCc1cccc(C2CCNC[C@]2(C(=O)O)c2sccc2C)c1. The van der Waals surface area contributed by atoms with Crippen LogP contribution in [0.3, 0.4) is 0 Å². The molecule has 0 amide bonds. The maximum Gasteiger partial charge on any atom is 0.316 e. The molecule has 1 aromatic heterocycles. The molecule has 0 spiro atoms. The predicted octanol–water partition coefficient (Wildman–Crippen LogP) is 3.72. The van der Waals surface area contributed by atoms with E-state index in [0.717, 1.165) is 35.4 Å². The minimum Gasteiger partial charge on any atom is -0.481 e. The zero-order chi connectivity index (χ0) is 16.4. The fourth-order valence-corrected chi connectivity index (χ4v) is 4.95. The van der Waals surface area contributed by atoms with Crippen LogP contribution in [0.1, 0.15) is 40.8 Å². The Morgan fingerprint density at radius 1 is 1.43 bits per heavy atom. The van der Waals surface area contributed by atoms with Crippen LogP contribution in [0.4, 0.5) is 0 Å². The topological polar surface area (TPSA) is 49.3 Å². The van der Waals surface area contributed by atoms with E-state index >= 15 is 0 Å². The van der Waals surface area contributed by atoms with Gasteiger partial charge in [-0.3, -0.25) is 4.79 Å². The van der Waals surface area contributed by atoms with Gasteiger partial charge in [0.1, 0.15) is 5.41 Å². The third-order valence-electron chi connectivity index (χ3n) is 5.02. The molecule has 2 heterocycles. The molecule has 3 nitrogen and oxygen atoms in total. The third kappa shape index (κ3) is 2.70. The van der Waals surface area contributed by atoms with Crippen molar-refractivity contribution in [3.63, 3.8) is 0 Å². The van der Waals surface area contributed by atoms with E-state index in [4.69, 9.17) is 0 Å². The van der Waals surface area contributed by atoms with Crippen LogP contribution >= 0.6 is 11.3 Å². The van der Waals surface area contributed by atoms with Crippen molar-refractivity contribution >= 4 is 17.3 Å². The van der Waals surface area contributed by atoms with Crippen LogP contribution in [0.2, 0.25) is 0 Å². The maximum absolute atomic E-state index is 12.4. The molecule has 0 bridgehead atoms. The molecule has 4 heteroatoms. The number of nitrogens with one attached hydrogen (secondary N) is 1. The third-order valence-corrected chi connectivity index (χ3v) is 6.21. The highest BCUT2D eigenvalue weighted by atomic mass is 32.1. The molecule has 122 valence electrons. The number of piperidine rings is 1. The van der Waals surface area contributed by atoms with Crippen molar-refractivity contribution in [2.45, 2.75) is 38.0 Å². The van der Waals surface area contributed by atoms with E-state index in [1.165, 1.54) is 5.56 Å². The van der Waals surface area contributed by atoms with E-state index in [1.54, 1.807) is 11.3 Å². The number of carboxylic acids is 1. The molecule has 2 N–H and O–H groups in total. The molecule has 0 radical (unpaired) electrons. The normalized spacial score (nSPS) is 24.5. The number of aliphatic carboxylic acids is 1. The minimum absolute atomic E-state index is 0.00472. The van der Waals surface area contributed by atoms with Gasteiger partial charge in [0, 0.05) is 17.3 Å². The Balaban J connectivity index is 2.15. The van der Waals surface area contributed by atoms with Crippen molar-refractivity contribution in [3.05, 3.63) is 57.3 Å². The predicted molar refractivity (Wildman–Crippen MR) is 94.4 cm³/mol. The molecule has 1 fully saturated rings. The number of thiophene rings is 1. The van der Waals surface area contributed by atoms with Gasteiger partial charge in [-0.25, -0.2) is 0 Å². The lowest BCUT2D eigenvalue weighted by atomic mass is 9.66. The standard InChI is InChI=1S/C19H23NO2S/c1-3-14-5-4-6-15(11-14)16-7-9-20-12-19(16,18(21)22)17-13(2)8-10-23-17/h4-6,8,10-11,16,20H,3,7,9,12H2,1-2H3,(H,21,22)/t16?,19-/m1/s1. The summed E-state index contributed by atoms with van der Waals surface area (Å²) in [6.07, 6.45) is 1.81. The Hall–Kier alpha value is -1.65. The number of carbonyl (C=O) groups is 1. The summed E-state index contributed by atoms with van der Waals surface area (Å²) in [6, 6.07) is 10.5. The van der Waals surface area contributed by atoms with Gasteiger partial charge in [-0.15, -0.1) is 11.3 Å². The average Bonchev–Trinajstić information content (AvgIpc) is 3.01. The first-order valence-electron chi connectivity index (χ1n) is 8.17. The molecule has 2 aromatic rings. The number of hydrogen-bond donors (Lipinski definition) is 2. The van der Waals surface area contributed by atoms with E-state index < -0.39 is 11.4 Å². The van der Waals surface area contributed by atoms with E-state index in [1.807, 2.05) is 18.4 Å². The Morgan fingerprint density at radius 2 is 2.26 bits per heavy atom. The zero-order valence-corrected chi connectivity index (χ0v) is 14.5. The van der Waals surface area contributed by atoms with Crippen molar-refractivity contribution in [2.75, 3.05) is 13.1 Å². The van der Waals surface area contributed by atoms with Crippen molar-refractivity contribution in [2.24, 2.45) is 0 Å². The summed E-state index contributed by atoms with van der Waals surface area (Å²) in [5.74, 6) is -0.716. The Labute approximate surface area is 141 Å². The van der Waals surface area contributed by atoms with Gasteiger partial charge >= 0.3 is 5.97 Å². The summed E-state index contributed by atoms with van der Waals surface area (Å²) in [4.78, 5) is 13.4.